The second kappa shape index (κ2) is 8.34. The van der Waals surface area contributed by atoms with Crippen LogP contribution < -0.4 is 0 Å². The zero-order valence-corrected chi connectivity index (χ0v) is 12.1. The van der Waals surface area contributed by atoms with Crippen molar-refractivity contribution in [3.05, 3.63) is 40.4 Å². The quantitative estimate of drug-likeness (QED) is 0.730. The molecule has 0 aliphatic carbocycles. The number of aliphatic hydroxyl groups excluding tert-OH is 1. The predicted octanol–water partition coefficient (Wildman–Crippen LogP) is 5.08. The molecule has 0 aliphatic rings. The van der Waals surface area contributed by atoms with Crippen molar-refractivity contribution in [3.63, 3.8) is 0 Å². The molecule has 1 aromatic carbocycles. The molecule has 0 aliphatic heterocycles. The number of aliphatic hydroxyl groups is 1. The third-order valence-corrected chi connectivity index (χ3v) is 3.39. The van der Waals surface area contributed by atoms with E-state index in [1.165, 1.54) is 16.7 Å². The van der Waals surface area contributed by atoms with Gasteiger partial charge in [0.15, 0.2) is 0 Å². The van der Waals surface area contributed by atoms with Crippen LogP contribution in [0.5, 0.6) is 0 Å². The fraction of sp³-hybridized carbons (Fsp3) is 0.500. The lowest BCUT2D eigenvalue weighted by molar-refractivity contribution is 0.326. The molecule has 18 heavy (non-hydrogen) atoms. The van der Waals surface area contributed by atoms with Gasteiger partial charge in [-0.15, -0.1) is 0 Å². The Bertz CT molecular complexity index is 379. The zero-order valence-electron chi connectivity index (χ0n) is 11.4. The minimum Gasteiger partial charge on any atom is -0.392 e. The van der Waals surface area contributed by atoms with Gasteiger partial charge in [-0.05, 0) is 48.1 Å². The fourth-order valence-corrected chi connectivity index (χ4v) is 2.27. The van der Waals surface area contributed by atoms with Crippen molar-refractivity contribution in [2.24, 2.45) is 0 Å². The Labute approximate surface area is 115 Å². The molecule has 1 rings (SSSR count). The largest absolute Gasteiger partial charge is 0.392 e. The van der Waals surface area contributed by atoms with Crippen LogP contribution in [0.1, 0.15) is 51.5 Å². The smallest absolute Gasteiger partial charge is 0.0647 e. The van der Waals surface area contributed by atoms with Gasteiger partial charge in [0.05, 0.1) is 6.61 Å². The summed E-state index contributed by atoms with van der Waals surface area (Å²) in [5, 5.41) is 10.3. The van der Waals surface area contributed by atoms with E-state index in [2.05, 4.69) is 26.0 Å². The van der Waals surface area contributed by atoms with Gasteiger partial charge in [0.25, 0.3) is 0 Å². The topological polar surface area (TPSA) is 20.2 Å². The monoisotopic (exact) mass is 266 g/mol. The number of allylic oxidation sites excluding steroid dienone is 1. The summed E-state index contributed by atoms with van der Waals surface area (Å²) in [7, 11) is 0. The molecule has 0 heterocycles. The minimum absolute atomic E-state index is 0.165. The van der Waals surface area contributed by atoms with Crippen molar-refractivity contribution in [1.82, 2.24) is 0 Å². The molecule has 0 atom stereocenters. The van der Waals surface area contributed by atoms with E-state index in [1.807, 2.05) is 12.1 Å². The van der Waals surface area contributed by atoms with E-state index >= 15 is 0 Å². The molecule has 2 heteroatoms. The number of halogens is 1. The summed E-state index contributed by atoms with van der Waals surface area (Å²) < 4.78 is 0. The van der Waals surface area contributed by atoms with Crippen LogP contribution in [-0.4, -0.2) is 11.7 Å². The standard InChI is InChI=1S/C16H23ClO/c1-3-5-7-14(12-18)16(6-4-2)13-8-10-15(17)11-9-13/h8-11,18H,3-7,12H2,1-2H3/b16-14-. The highest BCUT2D eigenvalue weighted by Crippen LogP contribution is 2.27. The van der Waals surface area contributed by atoms with Gasteiger partial charge >= 0.3 is 0 Å². The van der Waals surface area contributed by atoms with Crippen molar-refractivity contribution >= 4 is 17.2 Å². The van der Waals surface area contributed by atoms with Gasteiger partial charge in [0, 0.05) is 5.02 Å². The van der Waals surface area contributed by atoms with E-state index in [4.69, 9.17) is 11.6 Å². The molecule has 0 spiro atoms. The van der Waals surface area contributed by atoms with Gasteiger partial charge in [0.1, 0.15) is 0 Å². The number of hydrogen-bond donors (Lipinski definition) is 1. The number of benzene rings is 1. The summed E-state index contributed by atoms with van der Waals surface area (Å²) in [5.41, 5.74) is 3.67. The lowest BCUT2D eigenvalue weighted by Gasteiger charge is -2.14. The molecule has 0 radical (unpaired) electrons. The molecule has 1 aromatic rings. The molecule has 0 unspecified atom stereocenters. The number of rotatable bonds is 7. The first-order valence-corrected chi connectivity index (χ1v) is 7.18. The van der Waals surface area contributed by atoms with Crippen LogP contribution in [0.15, 0.2) is 29.8 Å². The Morgan fingerprint density at radius 2 is 1.72 bits per heavy atom. The summed E-state index contributed by atoms with van der Waals surface area (Å²) >= 11 is 5.93. The Hall–Kier alpha value is -0.790. The van der Waals surface area contributed by atoms with Gasteiger partial charge in [-0.1, -0.05) is 50.4 Å². The minimum atomic E-state index is 0.165. The average Bonchev–Trinajstić information content (AvgIpc) is 2.39. The molecule has 0 saturated carbocycles. The maximum atomic E-state index is 9.58. The Morgan fingerprint density at radius 1 is 1.06 bits per heavy atom. The molecule has 0 aromatic heterocycles. The van der Waals surface area contributed by atoms with Crippen LogP contribution >= 0.6 is 11.6 Å². The van der Waals surface area contributed by atoms with Gasteiger partial charge in [-0.25, -0.2) is 0 Å². The molecular weight excluding hydrogens is 244 g/mol. The van der Waals surface area contributed by atoms with Crippen LogP contribution in [0.25, 0.3) is 5.57 Å². The zero-order chi connectivity index (χ0) is 13.4. The predicted molar refractivity (Wildman–Crippen MR) is 79.9 cm³/mol. The molecule has 0 fully saturated rings. The molecular formula is C16H23ClO. The van der Waals surface area contributed by atoms with Gasteiger partial charge in [0.2, 0.25) is 0 Å². The summed E-state index contributed by atoms with van der Waals surface area (Å²) in [6.07, 6.45) is 5.39. The number of unbranched alkanes of at least 4 members (excludes halogenated alkanes) is 1. The van der Waals surface area contributed by atoms with E-state index in [0.717, 1.165) is 37.1 Å². The molecule has 1 N–H and O–H groups in total. The van der Waals surface area contributed by atoms with Crippen LogP contribution in [0.4, 0.5) is 0 Å². The number of hydrogen-bond acceptors (Lipinski definition) is 1. The molecule has 0 saturated heterocycles. The summed E-state index contributed by atoms with van der Waals surface area (Å²) in [6.45, 7) is 4.51. The average molecular weight is 267 g/mol. The van der Waals surface area contributed by atoms with Crippen molar-refractivity contribution in [2.45, 2.75) is 46.0 Å². The summed E-state index contributed by atoms with van der Waals surface area (Å²) in [6, 6.07) is 7.94. The van der Waals surface area contributed by atoms with Crippen LogP contribution in [0.2, 0.25) is 5.02 Å². The lowest BCUT2D eigenvalue weighted by Crippen LogP contribution is -1.98. The molecule has 1 nitrogen and oxygen atoms in total. The second-order valence-electron chi connectivity index (χ2n) is 4.60. The fourth-order valence-electron chi connectivity index (χ4n) is 2.14. The van der Waals surface area contributed by atoms with E-state index in [9.17, 15) is 5.11 Å². The highest BCUT2D eigenvalue weighted by atomic mass is 35.5. The first-order valence-electron chi connectivity index (χ1n) is 6.80. The first kappa shape index (κ1) is 15.3. The van der Waals surface area contributed by atoms with Crippen LogP contribution in [0.3, 0.4) is 0 Å². The second-order valence-corrected chi connectivity index (χ2v) is 5.04. The van der Waals surface area contributed by atoms with Gasteiger partial charge < -0.3 is 5.11 Å². The maximum Gasteiger partial charge on any atom is 0.0647 e. The van der Waals surface area contributed by atoms with Crippen LogP contribution in [0, 0.1) is 0 Å². The highest BCUT2D eigenvalue weighted by molar-refractivity contribution is 6.30. The Kier molecular flexibility index (Phi) is 7.07. The Balaban J connectivity index is 3.04. The van der Waals surface area contributed by atoms with Crippen molar-refractivity contribution < 1.29 is 5.11 Å². The van der Waals surface area contributed by atoms with E-state index in [-0.39, 0.29) is 6.61 Å². The molecule has 0 amide bonds. The van der Waals surface area contributed by atoms with E-state index in [0.29, 0.717) is 0 Å². The van der Waals surface area contributed by atoms with Crippen molar-refractivity contribution in [2.75, 3.05) is 6.61 Å². The molecule has 100 valence electrons. The van der Waals surface area contributed by atoms with E-state index < -0.39 is 0 Å². The lowest BCUT2D eigenvalue weighted by atomic mass is 9.93. The summed E-state index contributed by atoms with van der Waals surface area (Å²) in [5.74, 6) is 0. The van der Waals surface area contributed by atoms with E-state index in [1.54, 1.807) is 0 Å². The first-order chi connectivity index (χ1) is 8.72. The van der Waals surface area contributed by atoms with Crippen LogP contribution in [-0.2, 0) is 0 Å². The Morgan fingerprint density at radius 3 is 2.22 bits per heavy atom. The maximum absolute atomic E-state index is 9.58. The third-order valence-electron chi connectivity index (χ3n) is 3.14. The van der Waals surface area contributed by atoms with Gasteiger partial charge in [-0.3, -0.25) is 0 Å². The molecule has 0 bridgehead atoms. The SMILES string of the molecule is CCCC/C(CO)=C(\CCC)c1ccc(Cl)cc1. The third kappa shape index (κ3) is 4.47. The van der Waals surface area contributed by atoms with Crippen molar-refractivity contribution in [1.29, 1.82) is 0 Å². The van der Waals surface area contributed by atoms with Crippen molar-refractivity contribution in [3.8, 4) is 0 Å². The highest BCUT2D eigenvalue weighted by Gasteiger charge is 2.08. The normalized spacial score (nSPS) is 12.4. The summed E-state index contributed by atoms with van der Waals surface area (Å²) in [4.78, 5) is 0. The van der Waals surface area contributed by atoms with Gasteiger partial charge in [-0.2, -0.15) is 0 Å².